The van der Waals surface area contributed by atoms with Crippen molar-refractivity contribution in [2.24, 2.45) is 0 Å². The molecule has 0 aliphatic rings. The largest absolute Gasteiger partial charge is 0.507 e. The molecule has 0 amide bonds. The Morgan fingerprint density at radius 2 is 1.90 bits per heavy atom. The lowest BCUT2D eigenvalue weighted by Crippen LogP contribution is -2.02. The van der Waals surface area contributed by atoms with E-state index >= 15 is 0 Å². The van der Waals surface area contributed by atoms with Crippen LogP contribution < -0.4 is 4.74 Å². The molecule has 2 N–H and O–H groups in total. The van der Waals surface area contributed by atoms with Crippen LogP contribution in [0.15, 0.2) is 47.4 Å². The van der Waals surface area contributed by atoms with Gasteiger partial charge in [-0.3, -0.25) is 4.79 Å². The molecular formula is C14H12O6S. The van der Waals surface area contributed by atoms with Crippen LogP contribution in [0.3, 0.4) is 0 Å². The average Bonchev–Trinajstić information content (AvgIpc) is 2.53. The number of hydrogen-bond acceptors (Lipinski definition) is 7. The van der Waals surface area contributed by atoms with Gasteiger partial charge in [-0.1, -0.05) is 35.4 Å². The van der Waals surface area contributed by atoms with Crippen molar-refractivity contribution in [2.45, 2.75) is 4.90 Å². The number of phenols is 1. The molecule has 0 radical (unpaired) electrons. The lowest BCUT2D eigenvalue weighted by molar-refractivity contribution is -0.432. The maximum absolute atomic E-state index is 12.4. The van der Waals surface area contributed by atoms with Gasteiger partial charge in [0.15, 0.2) is 5.78 Å². The second-order valence-corrected chi connectivity index (χ2v) is 4.68. The van der Waals surface area contributed by atoms with Crippen LogP contribution in [0.4, 0.5) is 0 Å². The molecule has 0 fully saturated rings. The topological polar surface area (TPSA) is 85.2 Å². The molecule has 0 aliphatic carbocycles. The number of carbonyl (C=O) groups is 1. The molecule has 0 unspecified atom stereocenters. The third-order valence-corrected chi connectivity index (χ3v) is 3.34. The van der Waals surface area contributed by atoms with E-state index in [1.165, 1.54) is 19.2 Å². The summed E-state index contributed by atoms with van der Waals surface area (Å²) in [6, 6.07) is 11.2. The van der Waals surface area contributed by atoms with E-state index in [-0.39, 0.29) is 22.8 Å². The predicted molar refractivity (Wildman–Crippen MR) is 75.2 cm³/mol. The van der Waals surface area contributed by atoms with E-state index < -0.39 is 0 Å². The summed E-state index contributed by atoms with van der Waals surface area (Å²) in [5.74, 6) is -0.281. The monoisotopic (exact) mass is 308 g/mol. The van der Waals surface area contributed by atoms with Crippen molar-refractivity contribution in [2.75, 3.05) is 7.11 Å². The molecule has 0 aliphatic heterocycles. The minimum Gasteiger partial charge on any atom is -0.507 e. The van der Waals surface area contributed by atoms with Crippen molar-refractivity contribution < 1.29 is 29.3 Å². The molecule has 6 nitrogen and oxygen atoms in total. The molecule has 2 aromatic rings. The maximum Gasteiger partial charge on any atom is 0.196 e. The lowest BCUT2D eigenvalue weighted by atomic mass is 10.0. The van der Waals surface area contributed by atoms with Crippen LogP contribution in [-0.2, 0) is 9.37 Å². The Labute approximate surface area is 124 Å². The molecule has 0 heterocycles. The Balaban J connectivity index is 2.41. The molecular weight excluding hydrogens is 296 g/mol. The summed E-state index contributed by atoms with van der Waals surface area (Å²) in [5.41, 5.74) is 0.527. The number of aromatic hydroxyl groups is 1. The van der Waals surface area contributed by atoms with Crippen LogP contribution in [0.25, 0.3) is 0 Å². The summed E-state index contributed by atoms with van der Waals surface area (Å²) >= 11 is 0.647. The van der Waals surface area contributed by atoms with E-state index in [1.807, 2.05) is 0 Å². The predicted octanol–water partition coefficient (Wildman–Crippen LogP) is 3.06. The van der Waals surface area contributed by atoms with Crippen LogP contribution in [0.1, 0.15) is 15.9 Å². The fourth-order valence-electron chi connectivity index (χ4n) is 1.75. The van der Waals surface area contributed by atoms with E-state index in [9.17, 15) is 9.90 Å². The first-order chi connectivity index (χ1) is 10.2. The van der Waals surface area contributed by atoms with Gasteiger partial charge in [0.2, 0.25) is 0 Å². The third-order valence-electron chi connectivity index (χ3n) is 2.72. The number of phenolic OH excluding ortho intramolecular Hbond substituents is 1. The Bertz CT molecular complexity index is 629. The fourth-order valence-corrected chi connectivity index (χ4v) is 2.25. The summed E-state index contributed by atoms with van der Waals surface area (Å²) in [6.45, 7) is 0. The van der Waals surface area contributed by atoms with Crippen molar-refractivity contribution in [3.05, 3.63) is 53.6 Å². The SMILES string of the molecule is COc1cc(O)c(C(=O)c2ccccc2)cc1SOOO. The lowest BCUT2D eigenvalue weighted by Gasteiger charge is -2.10. The van der Waals surface area contributed by atoms with Gasteiger partial charge in [0.1, 0.15) is 11.5 Å². The summed E-state index contributed by atoms with van der Waals surface area (Å²) in [6.07, 6.45) is 0. The standard InChI is InChI=1S/C14H12O6S/c1-18-12-8-11(15)10(7-13(12)21-20-19-17)14(16)9-5-3-2-4-6-9/h2-8,15,17H,1H3. The first-order valence-electron chi connectivity index (χ1n) is 5.83. The van der Waals surface area contributed by atoms with E-state index in [0.717, 1.165) is 0 Å². The van der Waals surface area contributed by atoms with Gasteiger partial charge >= 0.3 is 0 Å². The van der Waals surface area contributed by atoms with Gasteiger partial charge in [0.05, 0.1) is 29.6 Å². The Morgan fingerprint density at radius 3 is 2.52 bits per heavy atom. The van der Waals surface area contributed by atoms with Gasteiger partial charge in [0.25, 0.3) is 0 Å². The normalized spacial score (nSPS) is 10.4. The van der Waals surface area contributed by atoms with Crippen molar-refractivity contribution in [1.29, 1.82) is 0 Å². The van der Waals surface area contributed by atoms with Crippen LogP contribution >= 0.6 is 12.0 Å². The van der Waals surface area contributed by atoms with Crippen molar-refractivity contribution in [1.82, 2.24) is 0 Å². The average molecular weight is 308 g/mol. The molecule has 0 spiro atoms. The summed E-state index contributed by atoms with van der Waals surface area (Å²) in [4.78, 5) is 12.7. The van der Waals surface area contributed by atoms with Gasteiger partial charge in [-0.05, 0) is 6.07 Å². The van der Waals surface area contributed by atoms with Gasteiger partial charge < -0.3 is 9.84 Å². The third kappa shape index (κ3) is 3.53. The van der Waals surface area contributed by atoms with Crippen LogP contribution in [-0.4, -0.2) is 23.3 Å². The van der Waals surface area contributed by atoms with E-state index in [2.05, 4.69) is 9.37 Å². The summed E-state index contributed by atoms with van der Waals surface area (Å²) < 4.78 is 9.40. The molecule has 0 atom stereocenters. The highest BCUT2D eigenvalue weighted by molar-refractivity contribution is 7.94. The highest BCUT2D eigenvalue weighted by Crippen LogP contribution is 2.36. The van der Waals surface area contributed by atoms with E-state index in [0.29, 0.717) is 22.5 Å². The van der Waals surface area contributed by atoms with Crippen molar-refractivity contribution in [3.8, 4) is 11.5 Å². The number of benzene rings is 2. The van der Waals surface area contributed by atoms with Gasteiger partial charge in [-0.15, -0.1) is 4.33 Å². The second kappa shape index (κ2) is 7.09. The Morgan fingerprint density at radius 1 is 1.19 bits per heavy atom. The first kappa shape index (κ1) is 15.3. The first-order valence-corrected chi connectivity index (χ1v) is 6.57. The number of ketones is 1. The highest BCUT2D eigenvalue weighted by atomic mass is 32.2. The quantitative estimate of drug-likeness (QED) is 0.367. The molecule has 0 bridgehead atoms. The van der Waals surface area contributed by atoms with Gasteiger partial charge in [0, 0.05) is 11.6 Å². The molecule has 2 aromatic carbocycles. The van der Waals surface area contributed by atoms with E-state index in [1.54, 1.807) is 30.3 Å². The molecule has 0 saturated heterocycles. The van der Waals surface area contributed by atoms with Gasteiger partial charge in [-0.25, -0.2) is 5.26 Å². The van der Waals surface area contributed by atoms with Gasteiger partial charge in [-0.2, -0.15) is 0 Å². The highest BCUT2D eigenvalue weighted by Gasteiger charge is 2.18. The number of methoxy groups -OCH3 is 1. The Hall–Kier alpha value is -2.06. The molecule has 7 heteroatoms. The zero-order valence-corrected chi connectivity index (χ0v) is 11.8. The number of rotatable bonds is 6. The molecule has 110 valence electrons. The minimum absolute atomic E-state index is 0.0889. The molecule has 0 aromatic heterocycles. The molecule has 0 saturated carbocycles. The zero-order valence-electron chi connectivity index (χ0n) is 11.0. The van der Waals surface area contributed by atoms with Crippen molar-refractivity contribution in [3.63, 3.8) is 0 Å². The molecule has 2 rings (SSSR count). The second-order valence-electron chi connectivity index (χ2n) is 3.94. The van der Waals surface area contributed by atoms with Crippen LogP contribution in [0.2, 0.25) is 0 Å². The Kier molecular flexibility index (Phi) is 5.18. The zero-order chi connectivity index (χ0) is 15.2. The van der Waals surface area contributed by atoms with Crippen LogP contribution in [0.5, 0.6) is 11.5 Å². The maximum atomic E-state index is 12.4. The minimum atomic E-state index is -0.345. The van der Waals surface area contributed by atoms with E-state index in [4.69, 9.17) is 9.99 Å². The fraction of sp³-hybridized carbons (Fsp3) is 0.0714. The summed E-state index contributed by atoms with van der Waals surface area (Å²) in [7, 11) is 1.40. The number of carbonyl (C=O) groups excluding carboxylic acids is 1. The smallest absolute Gasteiger partial charge is 0.196 e. The van der Waals surface area contributed by atoms with Crippen molar-refractivity contribution >= 4 is 17.8 Å². The summed E-state index contributed by atoms with van der Waals surface area (Å²) in [5, 5.41) is 21.7. The number of hydrogen-bond donors (Lipinski definition) is 2. The van der Waals surface area contributed by atoms with Crippen LogP contribution in [0, 0.1) is 0 Å². The molecule has 21 heavy (non-hydrogen) atoms. The number of ether oxygens (including phenoxy) is 1.